The molecule has 1 aliphatic carbocycles. The van der Waals surface area contributed by atoms with E-state index in [-0.39, 0.29) is 5.78 Å². The molecule has 0 aromatic heterocycles. The largest absolute Gasteiger partial charge is 0.397 e. The van der Waals surface area contributed by atoms with Crippen LogP contribution in [0, 0.1) is 11.8 Å². The van der Waals surface area contributed by atoms with Crippen molar-refractivity contribution >= 4 is 19.3 Å². The summed E-state index contributed by atoms with van der Waals surface area (Å²) in [5, 5.41) is 1.22. The zero-order valence-electron chi connectivity index (χ0n) is 20.6. The lowest BCUT2D eigenvalue weighted by Crippen LogP contribution is -2.56. The van der Waals surface area contributed by atoms with Crippen LogP contribution in [-0.4, -0.2) is 19.7 Å². The smallest absolute Gasteiger partial charge is 0.220 e. The first-order valence-corrected chi connectivity index (χ1v) is 15.2. The van der Waals surface area contributed by atoms with Crippen LogP contribution >= 0.6 is 0 Å². The van der Waals surface area contributed by atoms with Crippen LogP contribution in [0.4, 0.5) is 0 Å². The zero-order chi connectivity index (χ0) is 23.2. The van der Waals surface area contributed by atoms with Crippen LogP contribution in [0.3, 0.4) is 0 Å². The second-order valence-electron chi connectivity index (χ2n) is 10.3. The maximum absolute atomic E-state index is 14.3. The monoisotopic (exact) mass is 448 g/mol. The highest BCUT2D eigenvalue weighted by molar-refractivity contribution is 6.84. The molecular formula is C29H40O2Si. The van der Waals surface area contributed by atoms with Gasteiger partial charge in [-0.25, -0.2) is 0 Å². The van der Waals surface area contributed by atoms with Crippen molar-refractivity contribution in [2.75, 3.05) is 0 Å². The van der Waals surface area contributed by atoms with Crippen molar-refractivity contribution in [1.82, 2.24) is 0 Å². The first-order chi connectivity index (χ1) is 15.2. The second kappa shape index (κ2) is 10.8. The summed E-state index contributed by atoms with van der Waals surface area (Å²) in [6.45, 7) is 11.0. The number of carbonyl (C=O) groups excluding carboxylic acids is 1. The molecule has 0 bridgehead atoms. The van der Waals surface area contributed by atoms with E-state index in [2.05, 4.69) is 64.2 Å². The number of benzene rings is 2. The third kappa shape index (κ3) is 5.88. The van der Waals surface area contributed by atoms with Gasteiger partial charge in [0, 0.05) is 5.56 Å². The summed E-state index contributed by atoms with van der Waals surface area (Å²) >= 11 is 0. The summed E-state index contributed by atoms with van der Waals surface area (Å²) in [4.78, 5) is 14.3. The van der Waals surface area contributed by atoms with Gasteiger partial charge in [-0.15, -0.1) is 0 Å². The Kier molecular flexibility index (Phi) is 8.30. The maximum Gasteiger partial charge on any atom is 0.220 e. The Bertz CT molecular complexity index is 895. The van der Waals surface area contributed by atoms with Gasteiger partial charge in [0.1, 0.15) is 5.60 Å². The Morgan fingerprint density at radius 2 is 1.56 bits per heavy atom. The molecule has 0 aliphatic heterocycles. The molecule has 0 saturated heterocycles. The highest BCUT2D eigenvalue weighted by Gasteiger charge is 2.47. The van der Waals surface area contributed by atoms with Gasteiger partial charge in [0.25, 0.3) is 0 Å². The van der Waals surface area contributed by atoms with E-state index in [9.17, 15) is 4.79 Å². The third-order valence-corrected chi connectivity index (χ3v) is 9.35. The van der Waals surface area contributed by atoms with Crippen LogP contribution in [-0.2, 0) is 4.43 Å². The third-order valence-electron chi connectivity index (χ3n) is 6.77. The van der Waals surface area contributed by atoms with E-state index in [1.807, 2.05) is 36.4 Å². The number of rotatable bonds is 9. The Morgan fingerprint density at radius 3 is 2.12 bits per heavy atom. The average molecular weight is 449 g/mol. The number of allylic oxidation sites excluding steroid dienone is 1. The first-order valence-electron chi connectivity index (χ1n) is 12.3. The second-order valence-corrected chi connectivity index (χ2v) is 14.1. The van der Waals surface area contributed by atoms with E-state index < -0.39 is 13.9 Å². The van der Waals surface area contributed by atoms with Crippen molar-refractivity contribution in [2.24, 2.45) is 11.8 Å². The number of ketones is 1. The normalized spacial score (nSPS) is 17.9. The van der Waals surface area contributed by atoms with Crippen molar-refractivity contribution in [3.05, 3.63) is 77.9 Å². The molecule has 0 N–H and O–H groups in total. The topological polar surface area (TPSA) is 26.3 Å². The molecule has 3 rings (SSSR count). The fourth-order valence-corrected chi connectivity index (χ4v) is 7.44. The van der Waals surface area contributed by atoms with Crippen molar-refractivity contribution in [2.45, 2.75) is 78.0 Å². The number of hydrogen-bond acceptors (Lipinski definition) is 2. The van der Waals surface area contributed by atoms with Gasteiger partial charge >= 0.3 is 0 Å². The molecule has 172 valence electrons. The highest BCUT2D eigenvalue weighted by atomic mass is 28.4. The fraction of sp³-hybridized carbons (Fsp3) is 0.483. The van der Waals surface area contributed by atoms with Gasteiger partial charge < -0.3 is 4.43 Å². The molecule has 1 saturated carbocycles. The summed E-state index contributed by atoms with van der Waals surface area (Å²) < 4.78 is 7.16. The molecule has 2 aromatic rings. The Labute approximate surface area is 196 Å². The number of hydrogen-bond donors (Lipinski definition) is 0. The van der Waals surface area contributed by atoms with E-state index in [1.165, 1.54) is 37.3 Å². The Hall–Kier alpha value is -1.97. The Balaban J connectivity index is 2.11. The SMILES string of the molecule is C/C(=C\C1CCCCC1)[C@](CC(C)C)(O[Si](C)(C)c1ccccc1)C(=O)c1ccccc1. The van der Waals surface area contributed by atoms with Gasteiger partial charge in [0.05, 0.1) is 0 Å². The zero-order valence-corrected chi connectivity index (χ0v) is 21.6. The summed E-state index contributed by atoms with van der Waals surface area (Å²) in [6, 6.07) is 20.2. The summed E-state index contributed by atoms with van der Waals surface area (Å²) in [5.74, 6) is 0.981. The van der Waals surface area contributed by atoms with Crippen LogP contribution in [0.25, 0.3) is 0 Å². The molecule has 0 spiro atoms. The lowest BCUT2D eigenvalue weighted by atomic mass is 9.77. The maximum atomic E-state index is 14.3. The molecule has 2 aromatic carbocycles. The minimum absolute atomic E-state index is 0.105. The van der Waals surface area contributed by atoms with E-state index >= 15 is 0 Å². The van der Waals surface area contributed by atoms with Crippen molar-refractivity contribution in [3.63, 3.8) is 0 Å². The van der Waals surface area contributed by atoms with Crippen molar-refractivity contribution in [3.8, 4) is 0 Å². The first kappa shape index (κ1) is 24.7. The molecule has 0 unspecified atom stereocenters. The summed E-state index contributed by atoms with van der Waals surface area (Å²) in [5.41, 5.74) is 0.907. The van der Waals surface area contributed by atoms with Crippen molar-refractivity contribution < 1.29 is 9.22 Å². The van der Waals surface area contributed by atoms with Crippen LogP contribution in [0.1, 0.15) is 69.7 Å². The quantitative estimate of drug-likeness (QED) is 0.228. The van der Waals surface area contributed by atoms with Gasteiger partial charge in [0.2, 0.25) is 8.32 Å². The molecule has 32 heavy (non-hydrogen) atoms. The molecule has 1 aliphatic rings. The minimum Gasteiger partial charge on any atom is -0.397 e. The molecule has 0 amide bonds. The van der Waals surface area contributed by atoms with Crippen LogP contribution < -0.4 is 5.19 Å². The van der Waals surface area contributed by atoms with Gasteiger partial charge in [-0.2, -0.15) is 0 Å². The summed E-state index contributed by atoms with van der Waals surface area (Å²) in [7, 11) is -2.37. The van der Waals surface area contributed by atoms with Gasteiger partial charge in [-0.1, -0.05) is 99.8 Å². The predicted molar refractivity (Wildman–Crippen MR) is 138 cm³/mol. The molecular weight excluding hydrogens is 408 g/mol. The van der Waals surface area contributed by atoms with E-state index in [0.29, 0.717) is 18.3 Å². The van der Waals surface area contributed by atoms with E-state index in [0.717, 1.165) is 11.1 Å². The molecule has 3 heteroatoms. The highest BCUT2D eigenvalue weighted by Crippen LogP contribution is 2.38. The Morgan fingerprint density at radius 1 is 1.00 bits per heavy atom. The number of carbonyl (C=O) groups is 1. The minimum atomic E-state index is -2.37. The lowest BCUT2D eigenvalue weighted by molar-refractivity contribution is 0.0479. The summed E-state index contributed by atoms with van der Waals surface area (Å²) in [6.07, 6.45) is 9.40. The predicted octanol–water partition coefficient (Wildman–Crippen LogP) is 7.31. The standard InChI is InChI=1S/C29H40O2Si/c1-23(2)22-29(28(30)26-17-11-7-12-18-26,24(3)21-25-15-9-6-10-16-25)31-32(4,5)27-19-13-8-14-20-27/h7-8,11-14,17-21,23,25H,6,9-10,15-16,22H2,1-5H3/b24-21+/t29-/m0/s1. The van der Waals surface area contributed by atoms with Gasteiger partial charge in [-0.3, -0.25) is 4.79 Å². The van der Waals surface area contributed by atoms with Crippen LogP contribution in [0.2, 0.25) is 13.1 Å². The lowest BCUT2D eigenvalue weighted by Gasteiger charge is -2.42. The number of Topliss-reactive ketones (excluding diaryl/α,β-unsaturated/α-hetero) is 1. The molecule has 0 heterocycles. The average Bonchev–Trinajstić information content (AvgIpc) is 2.79. The molecule has 1 atom stereocenters. The molecule has 0 radical (unpaired) electrons. The fourth-order valence-electron chi connectivity index (χ4n) is 5.12. The van der Waals surface area contributed by atoms with Gasteiger partial charge in [0.15, 0.2) is 5.78 Å². The van der Waals surface area contributed by atoms with E-state index in [1.54, 1.807) is 0 Å². The molecule has 2 nitrogen and oxygen atoms in total. The molecule has 1 fully saturated rings. The van der Waals surface area contributed by atoms with Crippen LogP contribution in [0.5, 0.6) is 0 Å². The van der Waals surface area contributed by atoms with Crippen molar-refractivity contribution in [1.29, 1.82) is 0 Å². The van der Waals surface area contributed by atoms with Crippen LogP contribution in [0.15, 0.2) is 72.3 Å². The van der Waals surface area contributed by atoms with Gasteiger partial charge in [-0.05, 0) is 61.9 Å². The van der Waals surface area contributed by atoms with E-state index in [4.69, 9.17) is 4.43 Å².